The SMILES string of the molecule is CCC(N(C)/N=C(\N)C(F)(F)F)C(C)(C)C. The molecule has 6 heteroatoms. The van der Waals surface area contributed by atoms with Crippen molar-refractivity contribution in [2.45, 2.75) is 46.3 Å². The van der Waals surface area contributed by atoms with Crippen molar-refractivity contribution in [3.05, 3.63) is 0 Å². The Balaban J connectivity index is 4.86. The Kier molecular flexibility index (Phi) is 4.64. The van der Waals surface area contributed by atoms with Gasteiger partial charge in [-0.1, -0.05) is 27.7 Å². The Hall–Kier alpha value is -0.940. The van der Waals surface area contributed by atoms with Crippen LogP contribution >= 0.6 is 0 Å². The first-order valence-corrected chi connectivity index (χ1v) is 5.14. The van der Waals surface area contributed by atoms with E-state index in [0.29, 0.717) is 6.42 Å². The Morgan fingerprint density at radius 2 is 1.75 bits per heavy atom. The molecule has 0 aliphatic carbocycles. The van der Waals surface area contributed by atoms with Crippen molar-refractivity contribution < 1.29 is 13.2 Å². The highest BCUT2D eigenvalue weighted by Crippen LogP contribution is 2.26. The number of hydrogen-bond acceptors (Lipinski definition) is 2. The predicted octanol–water partition coefficient (Wildman–Crippen LogP) is 2.58. The number of halogens is 3. The van der Waals surface area contributed by atoms with Crippen LogP contribution in [0, 0.1) is 5.41 Å². The van der Waals surface area contributed by atoms with Gasteiger partial charge < -0.3 is 5.73 Å². The van der Waals surface area contributed by atoms with Crippen LogP contribution in [-0.2, 0) is 0 Å². The molecule has 2 N–H and O–H groups in total. The zero-order chi connectivity index (χ0) is 13.1. The highest BCUT2D eigenvalue weighted by atomic mass is 19.4. The van der Waals surface area contributed by atoms with Crippen molar-refractivity contribution in [3.63, 3.8) is 0 Å². The van der Waals surface area contributed by atoms with Gasteiger partial charge in [-0.2, -0.15) is 18.3 Å². The molecule has 16 heavy (non-hydrogen) atoms. The van der Waals surface area contributed by atoms with Crippen LogP contribution in [-0.4, -0.2) is 30.1 Å². The number of nitrogens with zero attached hydrogens (tertiary/aromatic N) is 2. The summed E-state index contributed by atoms with van der Waals surface area (Å²) in [7, 11) is 1.51. The van der Waals surface area contributed by atoms with Crippen LogP contribution in [0.4, 0.5) is 13.2 Å². The van der Waals surface area contributed by atoms with E-state index in [2.05, 4.69) is 5.10 Å². The van der Waals surface area contributed by atoms with Gasteiger partial charge in [0.2, 0.25) is 5.84 Å². The Morgan fingerprint density at radius 1 is 1.31 bits per heavy atom. The Morgan fingerprint density at radius 3 is 2.00 bits per heavy atom. The van der Waals surface area contributed by atoms with Crippen molar-refractivity contribution >= 4 is 5.84 Å². The van der Waals surface area contributed by atoms with Gasteiger partial charge in [0, 0.05) is 7.05 Å². The van der Waals surface area contributed by atoms with E-state index in [9.17, 15) is 13.2 Å². The average molecular weight is 239 g/mol. The number of hydrogen-bond donors (Lipinski definition) is 1. The maximum absolute atomic E-state index is 12.2. The zero-order valence-corrected chi connectivity index (χ0v) is 10.4. The quantitative estimate of drug-likeness (QED) is 0.467. The van der Waals surface area contributed by atoms with E-state index >= 15 is 0 Å². The molecule has 0 bridgehead atoms. The van der Waals surface area contributed by atoms with Crippen LogP contribution < -0.4 is 5.73 Å². The summed E-state index contributed by atoms with van der Waals surface area (Å²) in [4.78, 5) is 0. The van der Waals surface area contributed by atoms with Gasteiger partial charge >= 0.3 is 6.18 Å². The molecule has 0 spiro atoms. The second-order valence-electron chi connectivity index (χ2n) is 4.85. The van der Waals surface area contributed by atoms with E-state index in [-0.39, 0.29) is 11.5 Å². The van der Waals surface area contributed by atoms with Gasteiger partial charge in [0.25, 0.3) is 0 Å². The van der Waals surface area contributed by atoms with Gasteiger partial charge in [-0.15, -0.1) is 0 Å². The van der Waals surface area contributed by atoms with Crippen LogP contribution in [0.2, 0.25) is 0 Å². The molecule has 0 aliphatic rings. The highest BCUT2D eigenvalue weighted by molar-refractivity contribution is 5.85. The van der Waals surface area contributed by atoms with Crippen molar-refractivity contribution in [3.8, 4) is 0 Å². The highest BCUT2D eigenvalue weighted by Gasteiger charge is 2.35. The van der Waals surface area contributed by atoms with Gasteiger partial charge in [-0.05, 0) is 11.8 Å². The third-order valence-corrected chi connectivity index (χ3v) is 2.39. The van der Waals surface area contributed by atoms with Crippen molar-refractivity contribution in [2.24, 2.45) is 16.3 Å². The van der Waals surface area contributed by atoms with E-state index in [1.165, 1.54) is 12.1 Å². The molecule has 0 fully saturated rings. The zero-order valence-electron chi connectivity index (χ0n) is 10.4. The molecule has 0 rings (SSSR count). The summed E-state index contributed by atoms with van der Waals surface area (Å²) < 4.78 is 36.6. The minimum absolute atomic E-state index is 0.0894. The van der Waals surface area contributed by atoms with E-state index in [0.717, 1.165) is 0 Å². The normalized spacial score (nSPS) is 16.1. The molecule has 0 radical (unpaired) electrons. The summed E-state index contributed by atoms with van der Waals surface area (Å²) in [5.41, 5.74) is 4.72. The van der Waals surface area contributed by atoms with Gasteiger partial charge in [-0.3, -0.25) is 5.01 Å². The molecule has 0 saturated carbocycles. The first-order valence-electron chi connectivity index (χ1n) is 5.14. The van der Waals surface area contributed by atoms with E-state index in [4.69, 9.17) is 5.73 Å². The van der Waals surface area contributed by atoms with Crippen LogP contribution in [0.3, 0.4) is 0 Å². The van der Waals surface area contributed by atoms with E-state index < -0.39 is 12.0 Å². The molecule has 96 valence electrons. The second-order valence-corrected chi connectivity index (χ2v) is 4.85. The standard InChI is InChI=1S/C10H20F3N3/c1-6-7(9(2,3)4)16(5)15-8(14)10(11,12)13/h7H,6H2,1-5H3,(H2,14,15). The topological polar surface area (TPSA) is 41.6 Å². The Labute approximate surface area is 94.5 Å². The lowest BCUT2D eigenvalue weighted by Crippen LogP contribution is -2.41. The summed E-state index contributed by atoms with van der Waals surface area (Å²) in [6.45, 7) is 7.77. The fourth-order valence-electron chi connectivity index (χ4n) is 1.73. The average Bonchev–Trinajstić information content (AvgIpc) is 2.00. The summed E-state index contributed by atoms with van der Waals surface area (Å²) in [5, 5.41) is 4.68. The summed E-state index contributed by atoms with van der Waals surface area (Å²) >= 11 is 0. The number of alkyl halides is 3. The van der Waals surface area contributed by atoms with Crippen LogP contribution in [0.1, 0.15) is 34.1 Å². The van der Waals surface area contributed by atoms with Crippen molar-refractivity contribution in [1.82, 2.24) is 5.01 Å². The maximum Gasteiger partial charge on any atom is 0.450 e. The summed E-state index contributed by atoms with van der Waals surface area (Å²) in [6.07, 6.45) is -3.86. The van der Waals surface area contributed by atoms with E-state index in [1.807, 2.05) is 27.7 Å². The maximum atomic E-state index is 12.2. The van der Waals surface area contributed by atoms with Crippen LogP contribution in [0.15, 0.2) is 5.10 Å². The molecule has 0 aromatic rings. The molecule has 1 unspecified atom stereocenters. The number of rotatable bonds is 3. The fourth-order valence-corrected chi connectivity index (χ4v) is 1.73. The van der Waals surface area contributed by atoms with Crippen LogP contribution in [0.25, 0.3) is 0 Å². The van der Waals surface area contributed by atoms with Gasteiger partial charge in [0.05, 0.1) is 6.04 Å². The molecule has 0 aliphatic heterocycles. The number of nitrogens with two attached hydrogens (primary N) is 1. The lowest BCUT2D eigenvalue weighted by Gasteiger charge is -2.35. The molecule has 0 heterocycles. The second kappa shape index (κ2) is 4.93. The monoisotopic (exact) mass is 239 g/mol. The van der Waals surface area contributed by atoms with Gasteiger partial charge in [0.15, 0.2) is 0 Å². The lowest BCUT2D eigenvalue weighted by molar-refractivity contribution is -0.0619. The number of hydrazone groups is 1. The Bertz CT molecular complexity index is 253. The smallest absolute Gasteiger partial charge is 0.378 e. The molecular weight excluding hydrogens is 219 g/mol. The molecule has 0 saturated heterocycles. The van der Waals surface area contributed by atoms with Gasteiger partial charge in [0.1, 0.15) is 0 Å². The first kappa shape index (κ1) is 15.1. The predicted molar refractivity (Wildman–Crippen MR) is 59.0 cm³/mol. The van der Waals surface area contributed by atoms with Crippen LogP contribution in [0.5, 0.6) is 0 Å². The number of amidine groups is 1. The fraction of sp³-hybridized carbons (Fsp3) is 0.900. The van der Waals surface area contributed by atoms with E-state index in [1.54, 1.807) is 0 Å². The third kappa shape index (κ3) is 4.28. The van der Waals surface area contributed by atoms with Crippen molar-refractivity contribution in [2.75, 3.05) is 7.05 Å². The lowest BCUT2D eigenvalue weighted by atomic mass is 9.85. The van der Waals surface area contributed by atoms with Gasteiger partial charge in [-0.25, -0.2) is 0 Å². The first-order chi connectivity index (χ1) is 7.00. The molecule has 0 aromatic carbocycles. The molecule has 0 aromatic heterocycles. The minimum atomic E-state index is -4.57. The molecular formula is C10H20F3N3. The largest absolute Gasteiger partial charge is 0.450 e. The molecule has 3 nitrogen and oxygen atoms in total. The molecule has 0 amide bonds. The third-order valence-electron chi connectivity index (χ3n) is 2.39. The summed E-state index contributed by atoms with van der Waals surface area (Å²) in [5.74, 6) is -1.31. The summed E-state index contributed by atoms with van der Waals surface area (Å²) in [6, 6.07) is -0.0894. The minimum Gasteiger partial charge on any atom is -0.378 e. The van der Waals surface area contributed by atoms with Crippen molar-refractivity contribution in [1.29, 1.82) is 0 Å². The molecule has 1 atom stereocenters.